The molecule has 3 rings (SSSR count). The van der Waals surface area contributed by atoms with Crippen LogP contribution >= 0.6 is 22.7 Å². The van der Waals surface area contributed by atoms with Crippen LogP contribution in [0.1, 0.15) is 9.67 Å². The monoisotopic (exact) mass is 249 g/mol. The molecule has 3 aromatic heterocycles. The summed E-state index contributed by atoms with van der Waals surface area (Å²) in [4.78, 5) is 12.5. The molecule has 0 radical (unpaired) electrons. The number of nitrogens with one attached hydrogen (secondary N) is 2. The van der Waals surface area contributed by atoms with Crippen molar-refractivity contribution in [3.8, 4) is 0 Å². The molecule has 0 unspecified atom stereocenters. The number of fused-ring (bicyclic) bond motifs is 1. The van der Waals surface area contributed by atoms with Crippen LogP contribution in [0.15, 0.2) is 29.0 Å². The van der Waals surface area contributed by atoms with Crippen LogP contribution in [-0.2, 0) is 0 Å². The highest BCUT2D eigenvalue weighted by atomic mass is 32.1. The normalized spacial score (nSPS) is 10.8. The highest BCUT2D eigenvalue weighted by Crippen LogP contribution is 2.26. The molecule has 80 valence electrons. The van der Waals surface area contributed by atoms with Crippen LogP contribution in [0.4, 0.5) is 5.82 Å². The molecule has 4 nitrogen and oxygen atoms in total. The molecule has 16 heavy (non-hydrogen) atoms. The third-order valence-corrected chi connectivity index (χ3v) is 3.94. The minimum atomic E-state index is -0.114. The smallest absolute Gasteiger partial charge is 0.266 e. The second-order valence-corrected chi connectivity index (χ2v) is 5.03. The van der Waals surface area contributed by atoms with Crippen molar-refractivity contribution in [3.63, 3.8) is 0 Å². The van der Waals surface area contributed by atoms with Crippen molar-refractivity contribution < 1.29 is 4.79 Å². The molecule has 0 aliphatic rings. The lowest BCUT2D eigenvalue weighted by atomic mass is 10.4. The molecule has 2 N–H and O–H groups in total. The Balaban J connectivity index is 1.91. The molecule has 0 fully saturated rings. The summed E-state index contributed by atoms with van der Waals surface area (Å²) in [5, 5.41) is 13.6. The van der Waals surface area contributed by atoms with Crippen molar-refractivity contribution in [2.75, 3.05) is 5.32 Å². The number of nitrogens with zero attached hydrogens (tertiary/aromatic N) is 1. The molecular weight excluding hydrogens is 242 g/mol. The second-order valence-electron chi connectivity index (χ2n) is 3.17. The van der Waals surface area contributed by atoms with Crippen molar-refractivity contribution >= 4 is 44.6 Å². The first-order valence-corrected chi connectivity index (χ1v) is 6.37. The number of thiophene rings is 2. The fraction of sp³-hybridized carbons (Fsp3) is 0. The Kier molecular flexibility index (Phi) is 2.23. The number of anilines is 1. The van der Waals surface area contributed by atoms with Crippen LogP contribution in [0.25, 0.3) is 10.2 Å². The van der Waals surface area contributed by atoms with Gasteiger partial charge in [0.15, 0.2) is 5.82 Å². The zero-order valence-electron chi connectivity index (χ0n) is 8.06. The Morgan fingerprint density at radius 1 is 1.31 bits per heavy atom. The molecule has 0 aromatic carbocycles. The van der Waals surface area contributed by atoms with E-state index in [0.717, 1.165) is 10.2 Å². The first-order chi connectivity index (χ1) is 7.84. The highest BCUT2D eigenvalue weighted by Gasteiger charge is 2.12. The molecule has 6 heteroatoms. The lowest BCUT2D eigenvalue weighted by Gasteiger charge is -1.97. The molecule has 0 aliphatic heterocycles. The van der Waals surface area contributed by atoms with E-state index in [4.69, 9.17) is 0 Å². The Morgan fingerprint density at radius 3 is 3.06 bits per heavy atom. The van der Waals surface area contributed by atoms with E-state index < -0.39 is 0 Å². The van der Waals surface area contributed by atoms with Crippen LogP contribution in [0.3, 0.4) is 0 Å². The molecule has 0 bridgehead atoms. The predicted molar refractivity (Wildman–Crippen MR) is 66.2 cm³/mol. The summed E-state index contributed by atoms with van der Waals surface area (Å²) in [5.41, 5.74) is 0.950. The van der Waals surface area contributed by atoms with Gasteiger partial charge >= 0.3 is 0 Å². The topological polar surface area (TPSA) is 57.8 Å². The molecular formula is C10H7N3OS2. The summed E-state index contributed by atoms with van der Waals surface area (Å²) in [6.45, 7) is 0. The summed E-state index contributed by atoms with van der Waals surface area (Å²) in [6.07, 6.45) is 0. The van der Waals surface area contributed by atoms with E-state index in [2.05, 4.69) is 15.5 Å². The lowest BCUT2D eigenvalue weighted by Crippen LogP contribution is -2.10. The van der Waals surface area contributed by atoms with Crippen molar-refractivity contribution in [1.82, 2.24) is 10.2 Å². The van der Waals surface area contributed by atoms with Crippen molar-refractivity contribution in [2.24, 2.45) is 0 Å². The third-order valence-electron chi connectivity index (χ3n) is 2.15. The molecule has 1 amide bonds. The Labute approximate surface area is 98.9 Å². The molecule has 0 spiro atoms. The maximum Gasteiger partial charge on any atom is 0.266 e. The van der Waals surface area contributed by atoms with E-state index in [9.17, 15) is 4.79 Å². The summed E-state index contributed by atoms with van der Waals surface area (Å²) >= 11 is 2.97. The minimum Gasteiger partial charge on any atom is -0.303 e. The second kappa shape index (κ2) is 3.73. The van der Waals surface area contributed by atoms with Gasteiger partial charge in [0.05, 0.1) is 15.1 Å². The average Bonchev–Trinajstić information content (AvgIpc) is 2.94. The van der Waals surface area contributed by atoms with Crippen LogP contribution < -0.4 is 5.32 Å². The van der Waals surface area contributed by atoms with Gasteiger partial charge in [0.25, 0.3) is 5.91 Å². The van der Waals surface area contributed by atoms with Gasteiger partial charge in [0.1, 0.15) is 0 Å². The zero-order valence-corrected chi connectivity index (χ0v) is 9.69. The quantitative estimate of drug-likeness (QED) is 0.733. The van der Waals surface area contributed by atoms with Gasteiger partial charge in [-0.05, 0) is 22.9 Å². The van der Waals surface area contributed by atoms with Crippen LogP contribution in [0.5, 0.6) is 0 Å². The first-order valence-electron chi connectivity index (χ1n) is 4.61. The van der Waals surface area contributed by atoms with E-state index in [1.165, 1.54) is 11.3 Å². The summed E-state index contributed by atoms with van der Waals surface area (Å²) in [7, 11) is 0. The highest BCUT2D eigenvalue weighted by molar-refractivity contribution is 7.17. The lowest BCUT2D eigenvalue weighted by molar-refractivity contribution is 0.103. The van der Waals surface area contributed by atoms with Gasteiger partial charge in [-0.3, -0.25) is 9.89 Å². The van der Waals surface area contributed by atoms with E-state index in [0.29, 0.717) is 10.7 Å². The van der Waals surface area contributed by atoms with Crippen molar-refractivity contribution in [2.45, 2.75) is 0 Å². The van der Waals surface area contributed by atoms with Crippen LogP contribution in [0, 0.1) is 0 Å². The zero-order chi connectivity index (χ0) is 11.0. The minimum absolute atomic E-state index is 0.114. The van der Waals surface area contributed by atoms with Gasteiger partial charge in [-0.2, -0.15) is 5.10 Å². The fourth-order valence-electron chi connectivity index (χ4n) is 1.41. The van der Waals surface area contributed by atoms with E-state index in [1.807, 2.05) is 22.9 Å². The number of carbonyl (C=O) groups excluding carboxylic acids is 1. The summed E-state index contributed by atoms with van der Waals surface area (Å²) < 4.78 is 0.977. The first kappa shape index (κ1) is 9.56. The molecule has 0 aliphatic carbocycles. The number of carbonyl (C=O) groups is 1. The van der Waals surface area contributed by atoms with Gasteiger partial charge in [-0.15, -0.1) is 22.7 Å². The van der Waals surface area contributed by atoms with Crippen LogP contribution in [0.2, 0.25) is 0 Å². The number of rotatable bonds is 2. The number of H-pyrrole nitrogens is 1. The summed E-state index contributed by atoms with van der Waals surface area (Å²) in [6, 6.07) is 5.58. The maximum atomic E-state index is 11.8. The number of amides is 1. The molecule has 0 saturated carbocycles. The van der Waals surface area contributed by atoms with Crippen molar-refractivity contribution in [3.05, 3.63) is 33.8 Å². The van der Waals surface area contributed by atoms with Gasteiger partial charge in [0.2, 0.25) is 0 Å². The Bertz CT molecular complexity index is 623. The molecule has 0 saturated heterocycles. The fourth-order valence-corrected chi connectivity index (χ4v) is 2.82. The van der Waals surface area contributed by atoms with Gasteiger partial charge < -0.3 is 5.32 Å². The van der Waals surface area contributed by atoms with Crippen LogP contribution in [-0.4, -0.2) is 16.1 Å². The standard InChI is InChI=1S/C10H7N3OS2/c14-10(7-2-1-4-15-7)11-9-8-6(12-13-9)3-5-16-8/h1-5H,(H2,11,12,13,14). The van der Waals surface area contributed by atoms with Crippen molar-refractivity contribution in [1.29, 1.82) is 0 Å². The van der Waals surface area contributed by atoms with Gasteiger partial charge in [-0.1, -0.05) is 6.07 Å². The largest absolute Gasteiger partial charge is 0.303 e. The van der Waals surface area contributed by atoms with E-state index >= 15 is 0 Å². The van der Waals surface area contributed by atoms with E-state index in [1.54, 1.807) is 17.4 Å². The molecule has 3 heterocycles. The number of aromatic amines is 1. The van der Waals surface area contributed by atoms with Gasteiger partial charge in [0, 0.05) is 0 Å². The summed E-state index contributed by atoms with van der Waals surface area (Å²) in [5.74, 6) is 0.486. The SMILES string of the molecule is O=C(Nc1n[nH]c2ccsc12)c1cccs1. The molecule has 3 aromatic rings. The maximum absolute atomic E-state index is 11.8. The molecule has 0 atom stereocenters. The average molecular weight is 249 g/mol. The third kappa shape index (κ3) is 1.52. The number of hydrogen-bond acceptors (Lipinski definition) is 4. The number of hydrogen-bond donors (Lipinski definition) is 2. The number of aromatic nitrogens is 2. The Morgan fingerprint density at radius 2 is 2.25 bits per heavy atom. The van der Waals surface area contributed by atoms with Gasteiger partial charge in [-0.25, -0.2) is 0 Å². The predicted octanol–water partition coefficient (Wildman–Crippen LogP) is 2.94. The Hall–Kier alpha value is -1.66. The van der Waals surface area contributed by atoms with E-state index in [-0.39, 0.29) is 5.91 Å².